The topological polar surface area (TPSA) is 51.2 Å². The van der Waals surface area contributed by atoms with Gasteiger partial charge in [-0.3, -0.25) is 9.78 Å². The van der Waals surface area contributed by atoms with Crippen LogP contribution in [0.3, 0.4) is 0 Å². The molecule has 0 unspecified atom stereocenters. The van der Waals surface area contributed by atoms with Gasteiger partial charge < -0.3 is 4.84 Å². The average Bonchev–Trinajstić information content (AvgIpc) is 2.45. The first kappa shape index (κ1) is 16.4. The van der Waals surface area contributed by atoms with E-state index in [4.69, 9.17) is 28.0 Å². The summed E-state index contributed by atoms with van der Waals surface area (Å²) in [6, 6.07) is 6.61. The molecule has 0 atom stereocenters. The second-order valence-electron chi connectivity index (χ2n) is 3.98. The number of pyridine rings is 1. The van der Waals surface area contributed by atoms with Gasteiger partial charge in [-0.15, -0.1) is 0 Å². The second kappa shape index (κ2) is 6.41. The Bertz CT molecular complexity index is 688. The van der Waals surface area contributed by atoms with E-state index >= 15 is 0 Å². The number of halogens is 5. The first-order valence-corrected chi connectivity index (χ1v) is 6.49. The van der Waals surface area contributed by atoms with Crippen LogP contribution < -0.4 is 10.3 Å². The third-order valence-electron chi connectivity index (χ3n) is 2.49. The molecule has 0 aliphatic carbocycles. The lowest BCUT2D eigenvalue weighted by molar-refractivity contribution is -0.141. The zero-order chi connectivity index (χ0) is 16.3. The molecular formula is C13H7Cl2F3N2O2. The highest BCUT2D eigenvalue weighted by Gasteiger charge is 2.37. The summed E-state index contributed by atoms with van der Waals surface area (Å²) in [5.41, 5.74) is -0.139. The van der Waals surface area contributed by atoms with Gasteiger partial charge in [-0.05, 0) is 24.3 Å². The predicted octanol–water partition coefficient (Wildman–Crippen LogP) is 4.13. The number of para-hydroxylation sites is 1. The van der Waals surface area contributed by atoms with E-state index in [9.17, 15) is 18.0 Å². The van der Waals surface area contributed by atoms with Crippen LogP contribution in [0.5, 0.6) is 5.75 Å². The van der Waals surface area contributed by atoms with Gasteiger partial charge in [-0.25, -0.2) is 0 Å². The molecule has 0 spiro atoms. The van der Waals surface area contributed by atoms with E-state index in [2.05, 4.69) is 4.98 Å². The normalized spacial score (nSPS) is 11.1. The van der Waals surface area contributed by atoms with E-state index in [0.717, 1.165) is 12.3 Å². The van der Waals surface area contributed by atoms with Crippen molar-refractivity contribution in [1.29, 1.82) is 0 Å². The zero-order valence-corrected chi connectivity index (χ0v) is 12.1. The van der Waals surface area contributed by atoms with Crippen molar-refractivity contribution in [2.45, 2.75) is 6.18 Å². The summed E-state index contributed by atoms with van der Waals surface area (Å²) in [7, 11) is 0. The molecule has 2 rings (SSSR count). The summed E-state index contributed by atoms with van der Waals surface area (Å²) in [5.74, 6) is -1.20. The molecule has 116 valence electrons. The van der Waals surface area contributed by atoms with E-state index < -0.39 is 23.3 Å². The van der Waals surface area contributed by atoms with Crippen LogP contribution in [0.25, 0.3) is 0 Å². The molecular weight excluding hydrogens is 344 g/mol. The van der Waals surface area contributed by atoms with E-state index in [1.807, 2.05) is 5.48 Å². The van der Waals surface area contributed by atoms with Gasteiger partial charge in [0.15, 0.2) is 11.4 Å². The summed E-state index contributed by atoms with van der Waals surface area (Å²) in [6.45, 7) is 0. The van der Waals surface area contributed by atoms with Crippen molar-refractivity contribution in [2.75, 3.05) is 0 Å². The minimum Gasteiger partial charge on any atom is -0.376 e. The number of benzene rings is 1. The molecule has 0 aliphatic heterocycles. The smallest absolute Gasteiger partial charge is 0.376 e. The maximum atomic E-state index is 12.8. The van der Waals surface area contributed by atoms with Crippen molar-refractivity contribution in [3.05, 3.63) is 57.8 Å². The minimum atomic E-state index is -4.77. The SMILES string of the molecule is O=C(NOc1c(Cl)cccc1Cl)c1cccnc1C(F)(F)F. The van der Waals surface area contributed by atoms with E-state index in [1.54, 1.807) is 6.07 Å². The number of hydrogen-bond donors (Lipinski definition) is 1. The van der Waals surface area contributed by atoms with E-state index in [1.165, 1.54) is 18.2 Å². The number of alkyl halides is 3. The average molecular weight is 351 g/mol. The summed E-state index contributed by atoms with van der Waals surface area (Å²) < 4.78 is 38.3. The number of carbonyl (C=O) groups is 1. The molecule has 1 amide bonds. The Balaban J connectivity index is 2.21. The Morgan fingerprint density at radius 3 is 2.36 bits per heavy atom. The Morgan fingerprint density at radius 2 is 1.77 bits per heavy atom. The highest BCUT2D eigenvalue weighted by molar-refractivity contribution is 6.37. The van der Waals surface area contributed by atoms with Crippen LogP contribution in [0.4, 0.5) is 13.2 Å². The fourth-order valence-electron chi connectivity index (χ4n) is 1.55. The first-order chi connectivity index (χ1) is 10.3. The van der Waals surface area contributed by atoms with Crippen LogP contribution in [0.1, 0.15) is 16.1 Å². The van der Waals surface area contributed by atoms with Gasteiger partial charge in [0, 0.05) is 6.20 Å². The van der Waals surface area contributed by atoms with Crippen molar-refractivity contribution in [3.63, 3.8) is 0 Å². The van der Waals surface area contributed by atoms with Gasteiger partial charge in [0.2, 0.25) is 0 Å². The monoisotopic (exact) mass is 350 g/mol. The van der Waals surface area contributed by atoms with E-state index in [0.29, 0.717) is 0 Å². The zero-order valence-electron chi connectivity index (χ0n) is 10.6. The molecule has 9 heteroatoms. The Hall–Kier alpha value is -1.99. The summed E-state index contributed by atoms with van der Waals surface area (Å²) in [5, 5.41) is 0.185. The largest absolute Gasteiger partial charge is 0.434 e. The van der Waals surface area contributed by atoms with Crippen LogP contribution in [0.2, 0.25) is 10.0 Å². The molecule has 1 aromatic heterocycles. The van der Waals surface area contributed by atoms with Gasteiger partial charge in [0.25, 0.3) is 5.91 Å². The highest BCUT2D eigenvalue weighted by atomic mass is 35.5. The molecule has 2 aromatic rings. The van der Waals surface area contributed by atoms with Crippen LogP contribution in [0, 0.1) is 0 Å². The molecule has 0 bridgehead atoms. The minimum absolute atomic E-state index is 0.0726. The molecule has 22 heavy (non-hydrogen) atoms. The molecule has 1 heterocycles. The number of hydrogen-bond acceptors (Lipinski definition) is 3. The fourth-order valence-corrected chi connectivity index (χ4v) is 2.02. The maximum Gasteiger partial charge on any atom is 0.434 e. The van der Waals surface area contributed by atoms with Crippen molar-refractivity contribution < 1.29 is 22.8 Å². The van der Waals surface area contributed by atoms with Gasteiger partial charge in [0.05, 0.1) is 15.6 Å². The van der Waals surface area contributed by atoms with Crippen LogP contribution in [0.15, 0.2) is 36.5 Å². The lowest BCUT2D eigenvalue weighted by Crippen LogP contribution is -2.30. The number of amides is 1. The lowest BCUT2D eigenvalue weighted by Gasteiger charge is -2.13. The van der Waals surface area contributed by atoms with Gasteiger partial charge in [-0.2, -0.15) is 18.7 Å². The fraction of sp³-hybridized carbons (Fsp3) is 0.0769. The quantitative estimate of drug-likeness (QED) is 0.846. The number of rotatable bonds is 3. The third kappa shape index (κ3) is 3.61. The van der Waals surface area contributed by atoms with Crippen molar-refractivity contribution in [3.8, 4) is 5.75 Å². The van der Waals surface area contributed by atoms with Gasteiger partial charge >= 0.3 is 6.18 Å². The number of aromatic nitrogens is 1. The third-order valence-corrected chi connectivity index (χ3v) is 3.08. The first-order valence-electron chi connectivity index (χ1n) is 5.74. The summed E-state index contributed by atoms with van der Waals surface area (Å²) in [4.78, 5) is 19.9. The highest BCUT2D eigenvalue weighted by Crippen LogP contribution is 2.32. The van der Waals surface area contributed by atoms with Crippen LogP contribution in [-0.4, -0.2) is 10.9 Å². The summed E-state index contributed by atoms with van der Waals surface area (Å²) in [6.07, 6.45) is -3.83. The van der Waals surface area contributed by atoms with Crippen molar-refractivity contribution in [2.24, 2.45) is 0 Å². The second-order valence-corrected chi connectivity index (χ2v) is 4.80. The maximum absolute atomic E-state index is 12.8. The molecule has 0 saturated heterocycles. The molecule has 1 N–H and O–H groups in total. The van der Waals surface area contributed by atoms with Crippen LogP contribution >= 0.6 is 23.2 Å². The van der Waals surface area contributed by atoms with Crippen molar-refractivity contribution >= 4 is 29.1 Å². The Morgan fingerprint density at radius 1 is 1.14 bits per heavy atom. The molecule has 4 nitrogen and oxygen atoms in total. The molecule has 1 aromatic carbocycles. The van der Waals surface area contributed by atoms with Gasteiger partial charge in [0.1, 0.15) is 0 Å². The molecule has 0 radical (unpaired) electrons. The molecule has 0 saturated carbocycles. The lowest BCUT2D eigenvalue weighted by atomic mass is 10.2. The Kier molecular flexibility index (Phi) is 4.77. The molecule has 0 fully saturated rings. The number of carbonyl (C=O) groups excluding carboxylic acids is 1. The summed E-state index contributed by atoms with van der Waals surface area (Å²) >= 11 is 11.6. The predicted molar refractivity (Wildman–Crippen MR) is 73.8 cm³/mol. The standard InChI is InChI=1S/C13H7Cl2F3N2O2/c14-8-4-1-5-9(15)10(8)22-20-12(21)7-3-2-6-19-11(7)13(16,17)18/h1-6H,(H,20,21). The number of nitrogens with one attached hydrogen (secondary N) is 1. The van der Waals surface area contributed by atoms with Crippen molar-refractivity contribution in [1.82, 2.24) is 10.5 Å². The Labute approximate surface area is 132 Å². The van der Waals surface area contributed by atoms with E-state index in [-0.39, 0.29) is 15.8 Å². The van der Waals surface area contributed by atoms with Gasteiger partial charge in [-0.1, -0.05) is 29.3 Å². The van der Waals surface area contributed by atoms with Crippen LogP contribution in [-0.2, 0) is 6.18 Å². The number of hydroxylamine groups is 1. The number of nitrogens with zero attached hydrogens (tertiary/aromatic N) is 1. The molecule has 0 aliphatic rings.